The highest BCUT2D eigenvalue weighted by Crippen LogP contribution is 2.18. The van der Waals surface area contributed by atoms with Crippen molar-refractivity contribution < 1.29 is 4.74 Å². The molecule has 3 heteroatoms. The molecule has 3 nitrogen and oxygen atoms in total. The second kappa shape index (κ2) is 6.17. The fraction of sp³-hybridized carbons (Fsp3) is 0.818. The van der Waals surface area contributed by atoms with E-state index in [1.165, 1.54) is 0 Å². The predicted octanol–water partition coefficient (Wildman–Crippen LogP) is 0.921. The highest BCUT2D eigenvalue weighted by molar-refractivity contribution is 4.85. The highest BCUT2D eigenvalue weighted by atomic mass is 16.5. The Balaban J connectivity index is 2.06. The van der Waals surface area contributed by atoms with Gasteiger partial charge in [-0.2, -0.15) is 0 Å². The molecule has 1 rings (SSSR count). The van der Waals surface area contributed by atoms with Crippen LogP contribution in [0, 0.1) is 0 Å². The van der Waals surface area contributed by atoms with E-state index in [4.69, 9.17) is 4.74 Å². The molecule has 14 heavy (non-hydrogen) atoms. The van der Waals surface area contributed by atoms with Crippen LogP contribution in [-0.4, -0.2) is 38.4 Å². The Kier molecular flexibility index (Phi) is 5.15. The molecule has 82 valence electrons. The minimum Gasteiger partial charge on any atom is -0.381 e. The van der Waals surface area contributed by atoms with Gasteiger partial charge in [0, 0.05) is 38.4 Å². The van der Waals surface area contributed by atoms with E-state index >= 15 is 0 Å². The van der Waals surface area contributed by atoms with Gasteiger partial charge >= 0.3 is 0 Å². The van der Waals surface area contributed by atoms with Gasteiger partial charge in [0.2, 0.25) is 0 Å². The summed E-state index contributed by atoms with van der Waals surface area (Å²) < 4.78 is 5.34. The molecular weight excluding hydrogens is 176 g/mol. The fourth-order valence-electron chi connectivity index (χ4n) is 1.66. The van der Waals surface area contributed by atoms with Gasteiger partial charge in [0.1, 0.15) is 0 Å². The van der Waals surface area contributed by atoms with E-state index in [9.17, 15) is 0 Å². The van der Waals surface area contributed by atoms with Gasteiger partial charge in [-0.05, 0) is 19.8 Å². The lowest BCUT2D eigenvalue weighted by molar-refractivity contribution is 0.0456. The third-order valence-electron chi connectivity index (χ3n) is 2.74. The standard InChI is InChI=1S/C11H22N2O/c1-3-6-12-7-8-13-11(2)4-9-14-10-5-11/h3,12-13H,1,4-10H2,2H3. The lowest BCUT2D eigenvalue weighted by atomic mass is 9.92. The van der Waals surface area contributed by atoms with Crippen LogP contribution in [0.25, 0.3) is 0 Å². The molecule has 0 spiro atoms. The Morgan fingerprint density at radius 1 is 1.36 bits per heavy atom. The quantitative estimate of drug-likeness (QED) is 0.492. The summed E-state index contributed by atoms with van der Waals surface area (Å²) in [5.74, 6) is 0. The van der Waals surface area contributed by atoms with Crippen LogP contribution in [-0.2, 0) is 4.74 Å². The van der Waals surface area contributed by atoms with Crippen molar-refractivity contribution in [2.45, 2.75) is 25.3 Å². The molecule has 2 N–H and O–H groups in total. The summed E-state index contributed by atoms with van der Waals surface area (Å²) in [6, 6.07) is 0. The summed E-state index contributed by atoms with van der Waals surface area (Å²) in [5, 5.41) is 6.86. The Morgan fingerprint density at radius 3 is 2.71 bits per heavy atom. The minimum atomic E-state index is 0.286. The smallest absolute Gasteiger partial charge is 0.0483 e. The number of hydrogen-bond acceptors (Lipinski definition) is 3. The average molecular weight is 198 g/mol. The number of nitrogens with one attached hydrogen (secondary N) is 2. The largest absolute Gasteiger partial charge is 0.381 e. The van der Waals surface area contributed by atoms with Gasteiger partial charge in [-0.15, -0.1) is 6.58 Å². The number of hydrogen-bond donors (Lipinski definition) is 2. The van der Waals surface area contributed by atoms with Gasteiger partial charge in [-0.25, -0.2) is 0 Å². The van der Waals surface area contributed by atoms with E-state index in [-0.39, 0.29) is 5.54 Å². The molecular formula is C11H22N2O. The third-order valence-corrected chi connectivity index (χ3v) is 2.74. The number of rotatable bonds is 6. The first-order valence-electron chi connectivity index (χ1n) is 5.41. The molecule has 0 atom stereocenters. The Labute approximate surface area is 86.9 Å². The molecule has 0 aliphatic carbocycles. The maximum absolute atomic E-state index is 5.34. The van der Waals surface area contributed by atoms with Gasteiger partial charge in [0.25, 0.3) is 0 Å². The van der Waals surface area contributed by atoms with E-state index in [2.05, 4.69) is 24.1 Å². The first kappa shape index (κ1) is 11.7. The number of ether oxygens (including phenoxy) is 1. The summed E-state index contributed by atoms with van der Waals surface area (Å²) >= 11 is 0. The lowest BCUT2D eigenvalue weighted by Gasteiger charge is -2.34. The van der Waals surface area contributed by atoms with Crippen LogP contribution in [0.2, 0.25) is 0 Å². The van der Waals surface area contributed by atoms with Gasteiger partial charge in [0.05, 0.1) is 0 Å². The SMILES string of the molecule is C=CCNCCNC1(C)CCOCC1. The summed E-state index contributed by atoms with van der Waals surface area (Å²) in [5.41, 5.74) is 0.286. The van der Waals surface area contributed by atoms with Crippen LogP contribution in [0.4, 0.5) is 0 Å². The van der Waals surface area contributed by atoms with E-state index < -0.39 is 0 Å². The summed E-state index contributed by atoms with van der Waals surface area (Å²) in [6.45, 7) is 10.6. The van der Waals surface area contributed by atoms with Gasteiger partial charge < -0.3 is 15.4 Å². The zero-order valence-electron chi connectivity index (χ0n) is 9.14. The van der Waals surface area contributed by atoms with Crippen molar-refractivity contribution in [3.8, 4) is 0 Å². The minimum absolute atomic E-state index is 0.286. The monoisotopic (exact) mass is 198 g/mol. The fourth-order valence-corrected chi connectivity index (χ4v) is 1.66. The van der Waals surface area contributed by atoms with Crippen molar-refractivity contribution >= 4 is 0 Å². The summed E-state index contributed by atoms with van der Waals surface area (Å²) in [7, 11) is 0. The molecule has 0 aromatic heterocycles. The molecule has 1 saturated heterocycles. The molecule has 1 heterocycles. The zero-order valence-corrected chi connectivity index (χ0v) is 9.14. The molecule has 0 bridgehead atoms. The van der Waals surface area contributed by atoms with E-state index in [1.54, 1.807) is 0 Å². The molecule has 0 aromatic rings. The van der Waals surface area contributed by atoms with Crippen molar-refractivity contribution in [1.29, 1.82) is 0 Å². The van der Waals surface area contributed by atoms with Gasteiger partial charge in [-0.1, -0.05) is 6.08 Å². The van der Waals surface area contributed by atoms with Crippen molar-refractivity contribution in [2.24, 2.45) is 0 Å². The molecule has 1 aliphatic rings. The lowest BCUT2D eigenvalue weighted by Crippen LogP contribution is -2.48. The normalized spacial score (nSPS) is 20.6. The van der Waals surface area contributed by atoms with Crippen LogP contribution in [0.1, 0.15) is 19.8 Å². The molecule has 0 unspecified atom stereocenters. The van der Waals surface area contributed by atoms with Crippen molar-refractivity contribution in [2.75, 3.05) is 32.8 Å². The van der Waals surface area contributed by atoms with Crippen molar-refractivity contribution in [1.82, 2.24) is 10.6 Å². The summed E-state index contributed by atoms with van der Waals surface area (Å²) in [6.07, 6.45) is 4.12. The van der Waals surface area contributed by atoms with Gasteiger partial charge in [0.15, 0.2) is 0 Å². The second-order valence-corrected chi connectivity index (χ2v) is 4.09. The Morgan fingerprint density at radius 2 is 2.07 bits per heavy atom. The second-order valence-electron chi connectivity index (χ2n) is 4.09. The molecule has 1 aliphatic heterocycles. The van der Waals surface area contributed by atoms with Crippen LogP contribution in [0.15, 0.2) is 12.7 Å². The molecule has 1 fully saturated rings. The first-order valence-corrected chi connectivity index (χ1v) is 5.41. The van der Waals surface area contributed by atoms with Crippen LogP contribution >= 0.6 is 0 Å². The van der Waals surface area contributed by atoms with Crippen LogP contribution < -0.4 is 10.6 Å². The Bertz CT molecular complexity index is 165. The summed E-state index contributed by atoms with van der Waals surface area (Å²) in [4.78, 5) is 0. The topological polar surface area (TPSA) is 33.3 Å². The zero-order chi connectivity index (χ0) is 10.3. The molecule has 0 saturated carbocycles. The maximum Gasteiger partial charge on any atom is 0.0483 e. The van der Waals surface area contributed by atoms with Crippen LogP contribution in [0.3, 0.4) is 0 Å². The van der Waals surface area contributed by atoms with E-state index in [0.717, 1.165) is 45.7 Å². The average Bonchev–Trinajstić information content (AvgIpc) is 2.18. The Hall–Kier alpha value is -0.380. The van der Waals surface area contributed by atoms with Crippen LogP contribution in [0.5, 0.6) is 0 Å². The first-order chi connectivity index (χ1) is 6.77. The predicted molar refractivity (Wildman–Crippen MR) is 59.5 cm³/mol. The molecule has 0 radical (unpaired) electrons. The van der Waals surface area contributed by atoms with Gasteiger partial charge in [-0.3, -0.25) is 0 Å². The molecule has 0 amide bonds. The van der Waals surface area contributed by atoms with E-state index in [0.29, 0.717) is 0 Å². The molecule has 0 aromatic carbocycles. The maximum atomic E-state index is 5.34. The van der Waals surface area contributed by atoms with Crippen molar-refractivity contribution in [3.63, 3.8) is 0 Å². The highest BCUT2D eigenvalue weighted by Gasteiger charge is 2.25. The van der Waals surface area contributed by atoms with E-state index in [1.807, 2.05) is 6.08 Å². The third kappa shape index (κ3) is 4.22. The van der Waals surface area contributed by atoms with Crippen molar-refractivity contribution in [3.05, 3.63) is 12.7 Å².